The third kappa shape index (κ3) is 3.95. The quantitative estimate of drug-likeness (QED) is 0.553. The van der Waals surface area contributed by atoms with Crippen LogP contribution in [0.4, 0.5) is 13.2 Å². The number of likely N-dealkylation sites (tertiary alicyclic amines) is 1. The summed E-state index contributed by atoms with van der Waals surface area (Å²) in [6.45, 7) is 6.73. The van der Waals surface area contributed by atoms with Crippen molar-refractivity contribution in [1.82, 2.24) is 19.5 Å². The van der Waals surface area contributed by atoms with E-state index >= 15 is 0 Å². The summed E-state index contributed by atoms with van der Waals surface area (Å²) in [5.41, 5.74) is -0.350. The van der Waals surface area contributed by atoms with E-state index in [2.05, 4.69) is 10.1 Å². The molecule has 3 aromatic heterocycles. The molecule has 1 aliphatic rings. The molecule has 1 saturated heterocycles. The minimum atomic E-state index is -4.56. The maximum Gasteiger partial charge on any atom is 0.433 e. The van der Waals surface area contributed by atoms with E-state index in [1.165, 1.54) is 11.3 Å². The van der Waals surface area contributed by atoms with Crippen LogP contribution in [0.3, 0.4) is 0 Å². The van der Waals surface area contributed by atoms with Gasteiger partial charge in [0.2, 0.25) is 5.91 Å². The summed E-state index contributed by atoms with van der Waals surface area (Å²) in [4.78, 5) is 19.6. The Morgan fingerprint density at radius 2 is 2.00 bits per heavy atom. The lowest BCUT2D eigenvalue weighted by molar-refractivity contribution is -0.142. The van der Waals surface area contributed by atoms with Crippen molar-refractivity contribution < 1.29 is 18.0 Å². The molecule has 0 radical (unpaired) electrons. The van der Waals surface area contributed by atoms with Crippen molar-refractivity contribution in [1.29, 1.82) is 0 Å². The number of thiophene rings is 1. The fourth-order valence-electron chi connectivity index (χ4n) is 3.82. The number of carbonyl (C=O) groups is 1. The number of alkyl halides is 3. The summed E-state index contributed by atoms with van der Waals surface area (Å²) < 4.78 is 42.1. The number of fused-ring (bicyclic) bond motifs is 1. The van der Waals surface area contributed by atoms with Crippen LogP contribution in [0.1, 0.15) is 50.9 Å². The smallest absolute Gasteiger partial charge is 0.342 e. The number of halogens is 3. The molecule has 0 aliphatic carbocycles. The molecule has 0 bridgehead atoms. The van der Waals surface area contributed by atoms with Crippen molar-refractivity contribution in [2.75, 3.05) is 13.1 Å². The number of amides is 1. The van der Waals surface area contributed by atoms with Gasteiger partial charge in [0, 0.05) is 30.5 Å². The lowest BCUT2D eigenvalue weighted by Gasteiger charge is -2.35. The predicted octanol–water partition coefficient (Wildman–Crippen LogP) is 5.23. The van der Waals surface area contributed by atoms with Gasteiger partial charge in [0.05, 0.1) is 16.3 Å². The van der Waals surface area contributed by atoms with Gasteiger partial charge in [0.1, 0.15) is 0 Å². The SMILES string of the molecule is CC(C)(C)C(=O)N1CCCC(c2cc3nc(-c4cccs4)cc(C(F)(F)F)n3n2)C1. The number of rotatable bonds is 2. The minimum absolute atomic E-state index is 0.0463. The van der Waals surface area contributed by atoms with Crippen LogP contribution in [0.2, 0.25) is 0 Å². The highest BCUT2D eigenvalue weighted by atomic mass is 32.1. The Morgan fingerprint density at radius 3 is 2.63 bits per heavy atom. The van der Waals surface area contributed by atoms with E-state index in [0.29, 0.717) is 23.7 Å². The van der Waals surface area contributed by atoms with Crippen molar-refractivity contribution in [2.45, 2.75) is 45.7 Å². The lowest BCUT2D eigenvalue weighted by Crippen LogP contribution is -2.44. The Labute approximate surface area is 176 Å². The third-order valence-electron chi connectivity index (χ3n) is 5.28. The minimum Gasteiger partial charge on any atom is -0.342 e. The summed E-state index contributed by atoms with van der Waals surface area (Å²) >= 11 is 1.34. The maximum atomic E-state index is 13.8. The van der Waals surface area contributed by atoms with E-state index in [4.69, 9.17) is 0 Å². The first kappa shape index (κ1) is 20.8. The van der Waals surface area contributed by atoms with Crippen LogP contribution in [0, 0.1) is 5.41 Å². The molecule has 5 nitrogen and oxygen atoms in total. The number of piperidine rings is 1. The fraction of sp³-hybridized carbons (Fsp3) is 0.476. The van der Waals surface area contributed by atoms with Gasteiger partial charge in [-0.25, -0.2) is 9.50 Å². The molecule has 1 fully saturated rings. The summed E-state index contributed by atoms with van der Waals surface area (Å²) in [5.74, 6) is -0.0666. The standard InChI is InChI=1S/C21H23F3N4OS/c1-20(2,3)19(29)27-8-4-6-13(12-27)14-11-18-25-15(16-7-5-9-30-16)10-17(21(22,23)24)28(18)26-14/h5,7,9-11,13H,4,6,8,12H2,1-3H3. The molecule has 30 heavy (non-hydrogen) atoms. The molecule has 4 heterocycles. The summed E-state index contributed by atoms with van der Waals surface area (Å²) in [5, 5.41) is 6.09. The van der Waals surface area contributed by atoms with Crippen LogP contribution in [0.25, 0.3) is 16.2 Å². The van der Waals surface area contributed by atoms with Crippen molar-refractivity contribution in [2.24, 2.45) is 5.41 Å². The second-order valence-corrected chi connectivity index (χ2v) is 9.63. The topological polar surface area (TPSA) is 50.5 Å². The van der Waals surface area contributed by atoms with Crippen LogP contribution in [-0.4, -0.2) is 38.5 Å². The highest BCUT2D eigenvalue weighted by Crippen LogP contribution is 2.35. The van der Waals surface area contributed by atoms with Gasteiger partial charge < -0.3 is 4.90 Å². The first-order chi connectivity index (χ1) is 14.0. The highest BCUT2D eigenvalue weighted by Gasteiger charge is 2.37. The molecular formula is C21H23F3N4OS. The molecule has 1 amide bonds. The second-order valence-electron chi connectivity index (χ2n) is 8.68. The van der Waals surface area contributed by atoms with Gasteiger partial charge in [-0.05, 0) is 30.4 Å². The van der Waals surface area contributed by atoms with Gasteiger partial charge in [-0.15, -0.1) is 11.3 Å². The Hall–Kier alpha value is -2.42. The van der Waals surface area contributed by atoms with Crippen LogP contribution in [-0.2, 0) is 11.0 Å². The molecule has 4 rings (SSSR count). The molecule has 1 aliphatic heterocycles. The van der Waals surface area contributed by atoms with Gasteiger partial charge >= 0.3 is 6.18 Å². The molecule has 0 N–H and O–H groups in total. The Kier molecular flexibility index (Phi) is 5.12. The van der Waals surface area contributed by atoms with Gasteiger partial charge in [-0.3, -0.25) is 4.79 Å². The molecule has 9 heteroatoms. The summed E-state index contributed by atoms with van der Waals surface area (Å²) in [6.07, 6.45) is -2.99. The van der Waals surface area contributed by atoms with Crippen molar-refractivity contribution in [3.63, 3.8) is 0 Å². The number of carbonyl (C=O) groups excluding carboxylic acids is 1. The van der Waals surface area contributed by atoms with E-state index in [9.17, 15) is 18.0 Å². The predicted molar refractivity (Wildman–Crippen MR) is 109 cm³/mol. The summed E-state index contributed by atoms with van der Waals surface area (Å²) in [7, 11) is 0. The normalized spacial score (nSPS) is 18.2. The van der Waals surface area contributed by atoms with E-state index < -0.39 is 17.3 Å². The third-order valence-corrected chi connectivity index (χ3v) is 6.17. The molecule has 1 atom stereocenters. The number of aromatic nitrogens is 3. The van der Waals surface area contributed by atoms with E-state index in [0.717, 1.165) is 23.4 Å². The van der Waals surface area contributed by atoms with Gasteiger partial charge in [0.25, 0.3) is 0 Å². The number of hydrogen-bond acceptors (Lipinski definition) is 4. The Bertz CT molecular complexity index is 1070. The average Bonchev–Trinajstić information content (AvgIpc) is 3.34. The number of nitrogens with zero attached hydrogens (tertiary/aromatic N) is 4. The zero-order valence-electron chi connectivity index (χ0n) is 17.0. The van der Waals surface area contributed by atoms with E-state index in [1.54, 1.807) is 28.5 Å². The number of hydrogen-bond donors (Lipinski definition) is 0. The molecular weight excluding hydrogens is 413 g/mol. The van der Waals surface area contributed by atoms with Crippen LogP contribution in [0.15, 0.2) is 29.6 Å². The van der Waals surface area contributed by atoms with Crippen LogP contribution >= 0.6 is 11.3 Å². The van der Waals surface area contributed by atoms with Crippen LogP contribution < -0.4 is 0 Å². The van der Waals surface area contributed by atoms with Crippen molar-refractivity contribution in [3.05, 3.63) is 41.0 Å². The largest absolute Gasteiger partial charge is 0.433 e. The van der Waals surface area contributed by atoms with Crippen molar-refractivity contribution in [3.8, 4) is 10.6 Å². The summed E-state index contributed by atoms with van der Waals surface area (Å²) in [6, 6.07) is 6.20. The van der Waals surface area contributed by atoms with E-state index in [-0.39, 0.29) is 23.2 Å². The van der Waals surface area contributed by atoms with Gasteiger partial charge in [-0.2, -0.15) is 18.3 Å². The second kappa shape index (κ2) is 7.37. The monoisotopic (exact) mass is 436 g/mol. The average molecular weight is 437 g/mol. The first-order valence-corrected chi connectivity index (χ1v) is 10.7. The van der Waals surface area contributed by atoms with Crippen molar-refractivity contribution >= 4 is 22.9 Å². The molecule has 160 valence electrons. The maximum absolute atomic E-state index is 13.8. The highest BCUT2D eigenvalue weighted by molar-refractivity contribution is 7.13. The molecule has 0 aromatic carbocycles. The lowest BCUT2D eigenvalue weighted by atomic mass is 9.90. The van der Waals surface area contributed by atoms with Gasteiger partial charge in [0.15, 0.2) is 11.3 Å². The molecule has 0 spiro atoms. The molecule has 0 saturated carbocycles. The van der Waals surface area contributed by atoms with Gasteiger partial charge in [-0.1, -0.05) is 26.8 Å². The van der Waals surface area contributed by atoms with Crippen LogP contribution in [0.5, 0.6) is 0 Å². The Balaban J connectivity index is 1.73. The first-order valence-electron chi connectivity index (χ1n) is 9.85. The van der Waals surface area contributed by atoms with E-state index in [1.807, 2.05) is 20.8 Å². The molecule has 3 aromatic rings. The zero-order valence-corrected chi connectivity index (χ0v) is 17.8. The Morgan fingerprint density at radius 1 is 1.23 bits per heavy atom. The fourth-order valence-corrected chi connectivity index (χ4v) is 4.51. The molecule has 1 unspecified atom stereocenters. The zero-order chi connectivity index (χ0) is 21.7.